The zero-order valence-electron chi connectivity index (χ0n) is 12.7. The molecule has 0 radical (unpaired) electrons. The Morgan fingerprint density at radius 3 is 2.55 bits per heavy atom. The molecule has 0 unspecified atom stereocenters. The highest BCUT2D eigenvalue weighted by Crippen LogP contribution is 2.39. The minimum Gasteiger partial charge on any atom is -0.508 e. The summed E-state index contributed by atoms with van der Waals surface area (Å²) in [6.07, 6.45) is 0.628. The van der Waals surface area contributed by atoms with Crippen LogP contribution in [-0.2, 0) is 4.79 Å². The van der Waals surface area contributed by atoms with Gasteiger partial charge in [0.25, 0.3) is 0 Å². The number of phenols is 1. The first-order valence-corrected chi connectivity index (χ1v) is 7.40. The molecule has 3 rings (SSSR count). The van der Waals surface area contributed by atoms with Gasteiger partial charge in [0.15, 0.2) is 0 Å². The number of fused-ring (bicyclic) bond motifs is 1. The molecule has 4 nitrogen and oxygen atoms in total. The van der Waals surface area contributed by atoms with Gasteiger partial charge < -0.3 is 14.7 Å². The van der Waals surface area contributed by atoms with Crippen molar-refractivity contribution in [3.05, 3.63) is 54.1 Å². The molecule has 0 bridgehead atoms. The molecule has 0 spiro atoms. The van der Waals surface area contributed by atoms with Crippen LogP contribution in [0.3, 0.4) is 0 Å². The molecule has 0 saturated heterocycles. The van der Waals surface area contributed by atoms with Gasteiger partial charge in [-0.1, -0.05) is 18.2 Å². The molecule has 2 aromatic carbocycles. The van der Waals surface area contributed by atoms with Crippen molar-refractivity contribution in [1.82, 2.24) is 0 Å². The van der Waals surface area contributed by atoms with Gasteiger partial charge in [-0.05, 0) is 37.3 Å². The summed E-state index contributed by atoms with van der Waals surface area (Å²) in [5, 5.41) is 9.36. The number of aromatic hydroxyl groups is 1. The summed E-state index contributed by atoms with van der Waals surface area (Å²) in [6.45, 7) is 3.62. The van der Waals surface area contributed by atoms with Crippen LogP contribution in [-0.4, -0.2) is 17.1 Å². The quantitative estimate of drug-likeness (QED) is 0.920. The SMILES string of the molecule is CC(=O)N1c2ccccc2[C@H](Oc2ccc(O)cc2)C[C@@H]1C. The number of carbonyl (C=O) groups is 1. The summed E-state index contributed by atoms with van der Waals surface area (Å²) in [7, 11) is 0. The Balaban J connectivity index is 1.94. The molecule has 4 heteroatoms. The van der Waals surface area contributed by atoms with Crippen molar-refractivity contribution < 1.29 is 14.6 Å². The molecule has 0 fully saturated rings. The van der Waals surface area contributed by atoms with Gasteiger partial charge in [-0.25, -0.2) is 0 Å². The number of para-hydroxylation sites is 1. The topological polar surface area (TPSA) is 49.8 Å². The summed E-state index contributed by atoms with van der Waals surface area (Å²) in [6, 6.07) is 14.6. The molecule has 1 N–H and O–H groups in total. The van der Waals surface area contributed by atoms with Gasteiger partial charge in [-0.2, -0.15) is 0 Å². The van der Waals surface area contributed by atoms with Crippen molar-refractivity contribution >= 4 is 11.6 Å². The average Bonchev–Trinajstić information content (AvgIpc) is 2.49. The molecular weight excluding hydrogens is 278 g/mol. The average molecular weight is 297 g/mol. The normalized spacial score (nSPS) is 20.4. The summed E-state index contributed by atoms with van der Waals surface area (Å²) in [5.74, 6) is 0.969. The second kappa shape index (κ2) is 5.72. The van der Waals surface area contributed by atoms with Crippen LogP contribution in [0, 0.1) is 0 Å². The van der Waals surface area contributed by atoms with E-state index < -0.39 is 0 Å². The molecule has 22 heavy (non-hydrogen) atoms. The number of amides is 1. The third-order valence-electron chi connectivity index (χ3n) is 3.99. The molecule has 2 aromatic rings. The summed E-state index contributed by atoms with van der Waals surface area (Å²) in [4.78, 5) is 13.8. The lowest BCUT2D eigenvalue weighted by molar-refractivity contribution is -0.117. The first kappa shape index (κ1) is 14.4. The van der Waals surface area contributed by atoms with Crippen LogP contribution in [0.15, 0.2) is 48.5 Å². The van der Waals surface area contributed by atoms with E-state index in [1.54, 1.807) is 31.2 Å². The Morgan fingerprint density at radius 1 is 1.18 bits per heavy atom. The number of carbonyl (C=O) groups excluding carboxylic acids is 1. The predicted molar refractivity (Wildman–Crippen MR) is 85.2 cm³/mol. The molecule has 0 saturated carbocycles. The van der Waals surface area contributed by atoms with E-state index in [-0.39, 0.29) is 23.8 Å². The summed E-state index contributed by atoms with van der Waals surface area (Å²) >= 11 is 0. The first-order chi connectivity index (χ1) is 10.6. The van der Waals surface area contributed by atoms with E-state index in [4.69, 9.17) is 4.74 Å². The molecule has 114 valence electrons. The zero-order chi connectivity index (χ0) is 15.7. The second-order valence-corrected chi connectivity index (χ2v) is 5.63. The van der Waals surface area contributed by atoms with E-state index >= 15 is 0 Å². The lowest BCUT2D eigenvalue weighted by atomic mass is 9.93. The molecule has 0 aliphatic carbocycles. The minimum absolute atomic E-state index is 0.0445. The van der Waals surface area contributed by atoms with Gasteiger partial charge in [-0.15, -0.1) is 0 Å². The lowest BCUT2D eigenvalue weighted by Gasteiger charge is -2.38. The fourth-order valence-corrected chi connectivity index (χ4v) is 3.04. The third kappa shape index (κ3) is 2.64. The van der Waals surface area contributed by atoms with E-state index in [1.165, 1.54) is 0 Å². The minimum atomic E-state index is -0.105. The number of hydrogen-bond acceptors (Lipinski definition) is 3. The standard InChI is InChI=1S/C18H19NO3/c1-12-11-18(22-15-9-7-14(21)8-10-15)16-5-3-4-6-17(16)19(12)13(2)20/h3-10,12,18,21H,11H2,1-2H3/t12-,18+/m0/s1. The molecule has 2 atom stereocenters. The monoisotopic (exact) mass is 297 g/mol. The fourth-order valence-electron chi connectivity index (χ4n) is 3.04. The number of ether oxygens (including phenoxy) is 1. The van der Waals surface area contributed by atoms with Gasteiger partial charge in [0.1, 0.15) is 17.6 Å². The molecule has 1 aliphatic heterocycles. The van der Waals surface area contributed by atoms with E-state index in [1.807, 2.05) is 36.1 Å². The van der Waals surface area contributed by atoms with Crippen molar-refractivity contribution in [2.45, 2.75) is 32.4 Å². The van der Waals surface area contributed by atoms with E-state index in [9.17, 15) is 9.90 Å². The Hall–Kier alpha value is -2.49. The highest BCUT2D eigenvalue weighted by Gasteiger charge is 2.33. The Kier molecular flexibility index (Phi) is 3.75. The summed E-state index contributed by atoms with van der Waals surface area (Å²) in [5.41, 5.74) is 1.93. The number of benzene rings is 2. The van der Waals surface area contributed by atoms with Crippen molar-refractivity contribution in [2.75, 3.05) is 4.90 Å². The van der Waals surface area contributed by atoms with Crippen molar-refractivity contribution in [2.24, 2.45) is 0 Å². The molecule has 1 heterocycles. The molecule has 1 amide bonds. The van der Waals surface area contributed by atoms with Gasteiger partial charge in [0.2, 0.25) is 5.91 Å². The lowest BCUT2D eigenvalue weighted by Crippen LogP contribution is -2.42. The van der Waals surface area contributed by atoms with E-state index in [2.05, 4.69) is 0 Å². The summed E-state index contributed by atoms with van der Waals surface area (Å²) < 4.78 is 6.09. The highest BCUT2D eigenvalue weighted by atomic mass is 16.5. The maximum absolute atomic E-state index is 11.9. The fraction of sp³-hybridized carbons (Fsp3) is 0.278. The zero-order valence-corrected chi connectivity index (χ0v) is 12.7. The van der Waals surface area contributed by atoms with Gasteiger partial charge in [0, 0.05) is 24.9 Å². The second-order valence-electron chi connectivity index (χ2n) is 5.63. The maximum atomic E-state index is 11.9. The molecule has 0 aromatic heterocycles. The number of phenolic OH excluding ortho intramolecular Hbond substituents is 1. The Labute approximate surface area is 130 Å². The van der Waals surface area contributed by atoms with Crippen LogP contribution in [0.25, 0.3) is 0 Å². The first-order valence-electron chi connectivity index (χ1n) is 7.40. The van der Waals surface area contributed by atoms with Crippen LogP contribution in [0.5, 0.6) is 11.5 Å². The Bertz CT molecular complexity index is 681. The largest absolute Gasteiger partial charge is 0.508 e. The van der Waals surface area contributed by atoms with Crippen molar-refractivity contribution in [3.8, 4) is 11.5 Å². The highest BCUT2D eigenvalue weighted by molar-refractivity contribution is 5.93. The van der Waals surface area contributed by atoms with Gasteiger partial charge >= 0.3 is 0 Å². The maximum Gasteiger partial charge on any atom is 0.224 e. The van der Waals surface area contributed by atoms with Crippen LogP contribution < -0.4 is 9.64 Å². The van der Waals surface area contributed by atoms with Crippen LogP contribution in [0.1, 0.15) is 31.9 Å². The van der Waals surface area contributed by atoms with E-state index in [0.29, 0.717) is 5.75 Å². The van der Waals surface area contributed by atoms with Crippen molar-refractivity contribution in [1.29, 1.82) is 0 Å². The third-order valence-corrected chi connectivity index (χ3v) is 3.99. The Morgan fingerprint density at radius 2 is 1.86 bits per heavy atom. The number of anilines is 1. The predicted octanol–water partition coefficient (Wildman–Crippen LogP) is 3.66. The van der Waals surface area contributed by atoms with Crippen LogP contribution in [0.2, 0.25) is 0 Å². The molecular formula is C18H19NO3. The van der Waals surface area contributed by atoms with E-state index in [0.717, 1.165) is 17.7 Å². The number of rotatable bonds is 2. The number of hydrogen-bond donors (Lipinski definition) is 1. The number of nitrogens with zero attached hydrogens (tertiary/aromatic N) is 1. The smallest absolute Gasteiger partial charge is 0.224 e. The van der Waals surface area contributed by atoms with Gasteiger partial charge in [0.05, 0.1) is 5.69 Å². The molecule has 1 aliphatic rings. The van der Waals surface area contributed by atoms with Crippen LogP contribution in [0.4, 0.5) is 5.69 Å². The van der Waals surface area contributed by atoms with Gasteiger partial charge in [-0.3, -0.25) is 4.79 Å². The van der Waals surface area contributed by atoms with Crippen molar-refractivity contribution in [3.63, 3.8) is 0 Å². The van der Waals surface area contributed by atoms with Crippen LogP contribution >= 0.6 is 0 Å².